The smallest absolute Gasteiger partial charge is 0.306 e. The van der Waals surface area contributed by atoms with Gasteiger partial charge in [-0.3, -0.25) is 14.4 Å². The normalized spacial score (nSPS) is 13.1. The van der Waals surface area contributed by atoms with E-state index in [1.807, 2.05) is 6.08 Å². The summed E-state index contributed by atoms with van der Waals surface area (Å²) in [5.41, 5.74) is 0. The van der Waals surface area contributed by atoms with Crippen molar-refractivity contribution in [3.63, 3.8) is 0 Å². The summed E-state index contributed by atoms with van der Waals surface area (Å²) >= 11 is 0. The van der Waals surface area contributed by atoms with Gasteiger partial charge in [0.05, 0.1) is 0 Å². The van der Waals surface area contributed by atoms with Crippen LogP contribution in [-0.2, 0) is 28.6 Å². The summed E-state index contributed by atoms with van der Waals surface area (Å²) in [4.78, 5) is 38.1. The van der Waals surface area contributed by atoms with E-state index in [-0.39, 0.29) is 31.6 Å². The third-order valence-corrected chi connectivity index (χ3v) is 12.4. The number of ether oxygens (including phenoxy) is 3. The zero-order chi connectivity index (χ0) is 53.6. The number of carbonyl (C=O) groups excluding carboxylic acids is 3. The largest absolute Gasteiger partial charge is 0.462 e. The molecule has 74 heavy (non-hydrogen) atoms. The van der Waals surface area contributed by atoms with E-state index in [1.54, 1.807) is 0 Å². The van der Waals surface area contributed by atoms with Gasteiger partial charge in [-0.25, -0.2) is 0 Å². The molecular weight excluding hydrogens is 913 g/mol. The fourth-order valence-electron chi connectivity index (χ4n) is 7.97. The van der Waals surface area contributed by atoms with E-state index in [2.05, 4.69) is 148 Å². The van der Waals surface area contributed by atoms with Gasteiger partial charge in [0.1, 0.15) is 13.2 Å². The predicted octanol–water partition coefficient (Wildman–Crippen LogP) is 20.6. The Morgan fingerprint density at radius 1 is 0.284 bits per heavy atom. The highest BCUT2D eigenvalue weighted by Gasteiger charge is 2.19. The molecule has 6 heteroatoms. The van der Waals surface area contributed by atoms with Gasteiger partial charge in [0.25, 0.3) is 0 Å². The summed E-state index contributed by atoms with van der Waals surface area (Å²) in [7, 11) is 0. The first-order valence-electron chi connectivity index (χ1n) is 30.2. The lowest BCUT2D eigenvalue weighted by molar-refractivity contribution is -0.166. The predicted molar refractivity (Wildman–Crippen MR) is 320 cm³/mol. The van der Waals surface area contributed by atoms with Crippen LogP contribution in [0.2, 0.25) is 0 Å². The lowest BCUT2D eigenvalue weighted by Gasteiger charge is -2.18. The van der Waals surface area contributed by atoms with E-state index in [1.165, 1.54) is 103 Å². The Bertz CT molecular complexity index is 1600. The monoisotopic (exact) mass is 1020 g/mol. The Hall–Kier alpha value is -4.45. The third kappa shape index (κ3) is 58.4. The molecule has 1 unspecified atom stereocenters. The van der Waals surface area contributed by atoms with Crippen LogP contribution in [0.15, 0.2) is 134 Å². The van der Waals surface area contributed by atoms with Crippen LogP contribution in [0.1, 0.15) is 258 Å². The van der Waals surface area contributed by atoms with Crippen molar-refractivity contribution in [2.24, 2.45) is 0 Å². The van der Waals surface area contributed by atoms with Crippen molar-refractivity contribution in [3.05, 3.63) is 134 Å². The molecule has 0 aliphatic rings. The summed E-state index contributed by atoms with van der Waals surface area (Å²) < 4.78 is 16.8. The fourth-order valence-corrected chi connectivity index (χ4v) is 7.97. The van der Waals surface area contributed by atoms with Gasteiger partial charge in [-0.2, -0.15) is 0 Å². The molecule has 1 atom stereocenters. The molecule has 0 N–H and O–H groups in total. The molecular formula is C68H110O6. The first-order chi connectivity index (χ1) is 36.5. The number of hydrogen-bond donors (Lipinski definition) is 0. The third-order valence-electron chi connectivity index (χ3n) is 12.4. The molecule has 0 aromatic rings. The van der Waals surface area contributed by atoms with Gasteiger partial charge in [-0.15, -0.1) is 0 Å². The Morgan fingerprint density at radius 3 is 0.878 bits per heavy atom. The van der Waals surface area contributed by atoms with Crippen LogP contribution < -0.4 is 0 Å². The Kier molecular flexibility index (Phi) is 57.4. The average molecular weight is 1020 g/mol. The van der Waals surface area contributed by atoms with Crippen LogP contribution in [0.3, 0.4) is 0 Å². The highest BCUT2D eigenvalue weighted by atomic mass is 16.6. The van der Waals surface area contributed by atoms with Crippen molar-refractivity contribution in [1.29, 1.82) is 0 Å². The molecule has 0 spiro atoms. The molecule has 0 amide bonds. The van der Waals surface area contributed by atoms with E-state index < -0.39 is 12.1 Å². The van der Waals surface area contributed by atoms with Crippen LogP contribution in [0.25, 0.3) is 0 Å². The minimum Gasteiger partial charge on any atom is -0.462 e. The molecule has 6 nitrogen and oxygen atoms in total. The summed E-state index contributed by atoms with van der Waals surface area (Å²) in [5, 5.41) is 0. The first-order valence-corrected chi connectivity index (χ1v) is 30.2. The fraction of sp³-hybridized carbons (Fsp3) is 0.632. The van der Waals surface area contributed by atoms with Crippen LogP contribution >= 0.6 is 0 Å². The first kappa shape index (κ1) is 69.5. The Labute approximate surface area is 455 Å². The van der Waals surface area contributed by atoms with Crippen molar-refractivity contribution in [1.82, 2.24) is 0 Å². The summed E-state index contributed by atoms with van der Waals surface area (Å²) in [6.07, 6.45) is 86.1. The van der Waals surface area contributed by atoms with Gasteiger partial charge in [0, 0.05) is 19.3 Å². The van der Waals surface area contributed by atoms with Gasteiger partial charge >= 0.3 is 17.9 Å². The van der Waals surface area contributed by atoms with Gasteiger partial charge < -0.3 is 14.2 Å². The highest BCUT2D eigenvalue weighted by Crippen LogP contribution is 2.15. The lowest BCUT2D eigenvalue weighted by Crippen LogP contribution is -2.30. The number of unbranched alkanes of at least 4 members (excludes halogenated alkanes) is 20. The van der Waals surface area contributed by atoms with Crippen LogP contribution in [-0.4, -0.2) is 37.2 Å². The Morgan fingerprint density at radius 2 is 0.554 bits per heavy atom. The number of esters is 3. The van der Waals surface area contributed by atoms with Gasteiger partial charge in [0.15, 0.2) is 6.10 Å². The van der Waals surface area contributed by atoms with Crippen molar-refractivity contribution in [2.75, 3.05) is 13.2 Å². The second-order valence-corrected chi connectivity index (χ2v) is 19.5. The van der Waals surface area contributed by atoms with Gasteiger partial charge in [-0.1, -0.05) is 270 Å². The minimum absolute atomic E-state index is 0.110. The molecule has 0 aliphatic heterocycles. The number of carbonyl (C=O) groups is 3. The molecule has 418 valence electrons. The number of allylic oxidation sites excluding steroid dienone is 22. The van der Waals surface area contributed by atoms with E-state index in [0.717, 1.165) is 109 Å². The quantitative estimate of drug-likeness (QED) is 0.0261. The standard InChI is InChI=1S/C68H110O6/c1-4-7-10-13-16-19-22-24-26-28-30-31-32-33-34-35-36-37-39-40-42-44-46-49-52-55-58-61-67(70)73-64-65(63-72-66(69)60-57-54-51-48-21-18-15-12-9-6-3)74-68(71)62-59-56-53-50-47-45-43-41-38-29-27-25-23-20-17-14-11-8-5-2/h7-8,10-11,16-17,19-20,24-27,30-31,33-34,38,41,45,47,53,56,65H,4-6,9,12-15,18,21-23,28-29,32,35-37,39-40,42-44,46,48-52,54-55,57-64H2,1-3H3/b10-7-,11-8-,19-16-,20-17-,26-24-,27-25-,31-30-,34-33-,41-38-,47-45-,56-53-. The minimum atomic E-state index is -0.822. The number of rotatable bonds is 53. The van der Waals surface area contributed by atoms with Crippen molar-refractivity contribution in [3.8, 4) is 0 Å². The topological polar surface area (TPSA) is 78.9 Å². The molecule has 0 fully saturated rings. The maximum absolute atomic E-state index is 12.8. The summed E-state index contributed by atoms with van der Waals surface area (Å²) in [5.74, 6) is -1.00. The molecule has 0 aliphatic carbocycles. The number of hydrogen-bond acceptors (Lipinski definition) is 6. The zero-order valence-electron chi connectivity index (χ0n) is 47.8. The molecule has 0 saturated carbocycles. The van der Waals surface area contributed by atoms with E-state index in [4.69, 9.17) is 14.2 Å². The lowest BCUT2D eigenvalue weighted by atomic mass is 10.0. The van der Waals surface area contributed by atoms with Crippen molar-refractivity contribution in [2.45, 2.75) is 264 Å². The molecule has 0 saturated heterocycles. The second-order valence-electron chi connectivity index (χ2n) is 19.5. The molecule has 0 radical (unpaired) electrons. The summed E-state index contributed by atoms with van der Waals surface area (Å²) in [6, 6.07) is 0. The van der Waals surface area contributed by atoms with Gasteiger partial charge in [-0.05, 0) is 103 Å². The van der Waals surface area contributed by atoms with Crippen LogP contribution in [0.5, 0.6) is 0 Å². The van der Waals surface area contributed by atoms with E-state index in [9.17, 15) is 14.4 Å². The SMILES string of the molecule is CC/C=C\C/C=C\C/C=C\C/C=C\C/C=C\C/C=C\CCC(=O)OC(COC(=O)CCCCCCCCCCCC)COC(=O)CCCCCCCCCCCCC/C=C\C/C=C\C/C=C\C/C=C\C/C=C\CC. The molecule has 0 heterocycles. The summed E-state index contributed by atoms with van der Waals surface area (Å²) in [6.45, 7) is 6.33. The maximum atomic E-state index is 12.8. The highest BCUT2D eigenvalue weighted by molar-refractivity contribution is 5.71. The van der Waals surface area contributed by atoms with Crippen molar-refractivity contribution < 1.29 is 28.6 Å². The molecule has 0 aromatic carbocycles. The molecule has 0 aromatic heterocycles. The average Bonchev–Trinajstić information content (AvgIpc) is 3.40. The van der Waals surface area contributed by atoms with E-state index >= 15 is 0 Å². The van der Waals surface area contributed by atoms with Crippen LogP contribution in [0, 0.1) is 0 Å². The van der Waals surface area contributed by atoms with Crippen LogP contribution in [0.4, 0.5) is 0 Å². The van der Waals surface area contributed by atoms with E-state index in [0.29, 0.717) is 19.3 Å². The molecule has 0 bridgehead atoms. The zero-order valence-corrected chi connectivity index (χ0v) is 47.8. The molecule has 0 rings (SSSR count). The Balaban J connectivity index is 4.36. The van der Waals surface area contributed by atoms with Gasteiger partial charge in [0.2, 0.25) is 0 Å². The van der Waals surface area contributed by atoms with Crippen molar-refractivity contribution >= 4 is 17.9 Å². The second kappa shape index (κ2) is 61.1. The maximum Gasteiger partial charge on any atom is 0.306 e.